The van der Waals surface area contributed by atoms with Crippen molar-refractivity contribution in [2.45, 2.75) is 6.10 Å². The van der Waals surface area contributed by atoms with E-state index >= 15 is 0 Å². The smallest absolute Gasteiger partial charge is 0.339 e. The van der Waals surface area contributed by atoms with Crippen LogP contribution in [-0.2, 0) is 11.8 Å². The minimum Gasteiger partial charge on any atom is -0.486 e. The molecular weight excluding hydrogens is 289 g/mol. The van der Waals surface area contributed by atoms with Crippen LogP contribution in [-0.4, -0.2) is 41.8 Å². The van der Waals surface area contributed by atoms with Gasteiger partial charge in [0, 0.05) is 32.4 Å². The van der Waals surface area contributed by atoms with Crippen LogP contribution in [0.3, 0.4) is 0 Å². The van der Waals surface area contributed by atoms with Crippen molar-refractivity contribution in [2.24, 2.45) is 7.05 Å². The van der Waals surface area contributed by atoms with Crippen LogP contribution in [0.25, 0.3) is 11.4 Å². The third kappa shape index (κ3) is 2.67. The lowest BCUT2D eigenvalue weighted by molar-refractivity contribution is 0.0600. The third-order valence-corrected chi connectivity index (χ3v) is 3.53. The second-order valence-corrected chi connectivity index (χ2v) is 5.12. The summed E-state index contributed by atoms with van der Waals surface area (Å²) in [6.07, 6.45) is 3.13. The zero-order chi connectivity index (χ0) is 15.7. The van der Waals surface area contributed by atoms with Crippen LogP contribution in [0.1, 0.15) is 10.4 Å². The Labute approximate surface area is 126 Å². The first-order valence-corrected chi connectivity index (χ1v) is 6.86. The first-order valence-electron chi connectivity index (χ1n) is 6.86. The zero-order valence-electron chi connectivity index (χ0n) is 12.3. The Morgan fingerprint density at radius 2 is 2.23 bits per heavy atom. The number of nitrogens with zero attached hydrogens (tertiary/aromatic N) is 2. The van der Waals surface area contributed by atoms with Crippen molar-refractivity contribution < 1.29 is 18.7 Å². The van der Waals surface area contributed by atoms with Crippen LogP contribution in [0.15, 0.2) is 24.5 Å². The van der Waals surface area contributed by atoms with E-state index in [0.29, 0.717) is 17.0 Å². The van der Waals surface area contributed by atoms with Crippen molar-refractivity contribution in [3.05, 3.63) is 35.9 Å². The van der Waals surface area contributed by atoms with Gasteiger partial charge in [0.05, 0.1) is 24.6 Å². The molecule has 0 amide bonds. The number of ether oxygens (including phenoxy) is 2. The van der Waals surface area contributed by atoms with Gasteiger partial charge < -0.3 is 19.4 Å². The molecule has 0 radical (unpaired) electrons. The van der Waals surface area contributed by atoms with E-state index < -0.39 is 11.8 Å². The number of rotatable bonds is 4. The lowest BCUT2D eigenvalue weighted by Crippen LogP contribution is -2.50. The van der Waals surface area contributed by atoms with Crippen LogP contribution in [0.2, 0.25) is 0 Å². The summed E-state index contributed by atoms with van der Waals surface area (Å²) in [6, 6.07) is 2.86. The largest absolute Gasteiger partial charge is 0.486 e. The van der Waals surface area contributed by atoms with Gasteiger partial charge >= 0.3 is 5.97 Å². The highest BCUT2D eigenvalue weighted by molar-refractivity contribution is 5.90. The number of hydrogen-bond donors (Lipinski definition) is 1. The average molecular weight is 305 g/mol. The fourth-order valence-electron chi connectivity index (χ4n) is 2.24. The molecule has 6 nitrogen and oxygen atoms in total. The number of nitrogens with one attached hydrogen (secondary N) is 1. The van der Waals surface area contributed by atoms with E-state index in [1.54, 1.807) is 23.9 Å². The predicted octanol–water partition coefficient (Wildman–Crippen LogP) is 1.36. The molecule has 1 saturated heterocycles. The highest BCUT2D eigenvalue weighted by Gasteiger charge is 2.20. The number of methoxy groups -OCH3 is 1. The third-order valence-electron chi connectivity index (χ3n) is 3.53. The SMILES string of the molecule is COC(=O)c1cc(-c2ncc(OC3CNC3)cc2F)n(C)c1. The van der Waals surface area contributed by atoms with E-state index in [9.17, 15) is 9.18 Å². The minimum absolute atomic E-state index is 0.0630. The van der Waals surface area contributed by atoms with Crippen molar-refractivity contribution in [1.29, 1.82) is 0 Å². The maximum atomic E-state index is 14.3. The van der Waals surface area contributed by atoms with Crippen LogP contribution >= 0.6 is 0 Å². The molecule has 2 aromatic heterocycles. The van der Waals surface area contributed by atoms with Gasteiger partial charge in [-0.15, -0.1) is 0 Å². The summed E-state index contributed by atoms with van der Waals surface area (Å²) in [5.74, 6) is -0.572. The van der Waals surface area contributed by atoms with Gasteiger partial charge in [-0.3, -0.25) is 0 Å². The molecule has 1 N–H and O–H groups in total. The fourth-order valence-corrected chi connectivity index (χ4v) is 2.24. The maximum absolute atomic E-state index is 14.3. The van der Waals surface area contributed by atoms with E-state index in [1.807, 2.05) is 0 Å². The molecular formula is C15H16FN3O3. The number of halogens is 1. The monoisotopic (exact) mass is 305 g/mol. The van der Waals surface area contributed by atoms with Gasteiger partial charge in [-0.1, -0.05) is 0 Å². The van der Waals surface area contributed by atoms with Gasteiger partial charge in [0.25, 0.3) is 0 Å². The maximum Gasteiger partial charge on any atom is 0.339 e. The second-order valence-electron chi connectivity index (χ2n) is 5.12. The summed E-state index contributed by atoms with van der Waals surface area (Å²) < 4.78 is 26.2. The van der Waals surface area contributed by atoms with E-state index in [2.05, 4.69) is 15.0 Å². The van der Waals surface area contributed by atoms with Crippen molar-refractivity contribution in [3.63, 3.8) is 0 Å². The Balaban J connectivity index is 1.88. The van der Waals surface area contributed by atoms with E-state index in [1.165, 1.54) is 19.4 Å². The molecule has 0 unspecified atom stereocenters. The molecule has 0 bridgehead atoms. The molecule has 3 rings (SSSR count). The van der Waals surface area contributed by atoms with Gasteiger partial charge in [-0.25, -0.2) is 14.2 Å². The molecule has 2 aromatic rings. The first kappa shape index (κ1) is 14.5. The van der Waals surface area contributed by atoms with Crippen molar-refractivity contribution >= 4 is 5.97 Å². The molecule has 116 valence electrons. The molecule has 1 aliphatic rings. The Hall–Kier alpha value is -2.41. The van der Waals surface area contributed by atoms with E-state index in [0.717, 1.165) is 13.1 Å². The van der Waals surface area contributed by atoms with Crippen molar-refractivity contribution in [1.82, 2.24) is 14.9 Å². The summed E-state index contributed by atoms with van der Waals surface area (Å²) in [5.41, 5.74) is 1.01. The lowest BCUT2D eigenvalue weighted by atomic mass is 10.2. The van der Waals surface area contributed by atoms with E-state index in [-0.39, 0.29) is 11.8 Å². The summed E-state index contributed by atoms with van der Waals surface area (Å²) in [4.78, 5) is 15.7. The van der Waals surface area contributed by atoms with Gasteiger partial charge in [0.1, 0.15) is 17.5 Å². The van der Waals surface area contributed by atoms with Gasteiger partial charge in [-0.05, 0) is 6.07 Å². The Morgan fingerprint density at radius 3 is 2.82 bits per heavy atom. The highest BCUT2D eigenvalue weighted by atomic mass is 19.1. The summed E-state index contributed by atoms with van der Waals surface area (Å²) in [6.45, 7) is 1.51. The molecule has 1 fully saturated rings. The van der Waals surface area contributed by atoms with Gasteiger partial charge in [0.2, 0.25) is 0 Å². The quantitative estimate of drug-likeness (QED) is 0.864. The number of carbonyl (C=O) groups is 1. The number of hydrogen-bond acceptors (Lipinski definition) is 5. The van der Waals surface area contributed by atoms with Crippen LogP contribution in [0, 0.1) is 5.82 Å². The van der Waals surface area contributed by atoms with Gasteiger partial charge in [0.15, 0.2) is 5.82 Å². The molecule has 3 heterocycles. The normalized spacial score (nSPS) is 14.5. The van der Waals surface area contributed by atoms with E-state index in [4.69, 9.17) is 4.74 Å². The number of pyridine rings is 1. The summed E-state index contributed by atoms with van der Waals surface area (Å²) >= 11 is 0. The molecule has 0 aliphatic carbocycles. The molecule has 7 heteroatoms. The number of esters is 1. The molecule has 0 atom stereocenters. The van der Waals surface area contributed by atoms with Crippen LogP contribution in [0.4, 0.5) is 4.39 Å². The molecule has 0 spiro atoms. The highest BCUT2D eigenvalue weighted by Crippen LogP contribution is 2.26. The number of aromatic nitrogens is 2. The zero-order valence-corrected chi connectivity index (χ0v) is 12.3. The standard InChI is InChI=1S/C15H16FN3O3/c1-19-8-9(15(20)21-2)3-13(19)14-12(16)4-10(7-18-14)22-11-5-17-6-11/h3-4,7-8,11,17H,5-6H2,1-2H3. The minimum atomic E-state index is -0.498. The summed E-state index contributed by atoms with van der Waals surface area (Å²) in [7, 11) is 3.02. The molecule has 1 aliphatic heterocycles. The summed E-state index contributed by atoms with van der Waals surface area (Å²) in [5, 5.41) is 3.07. The molecule has 0 saturated carbocycles. The van der Waals surface area contributed by atoms with Crippen molar-refractivity contribution in [3.8, 4) is 17.1 Å². The van der Waals surface area contributed by atoms with Crippen LogP contribution in [0.5, 0.6) is 5.75 Å². The van der Waals surface area contributed by atoms with Crippen molar-refractivity contribution in [2.75, 3.05) is 20.2 Å². The topological polar surface area (TPSA) is 65.4 Å². The first-order chi connectivity index (χ1) is 10.6. The molecule has 0 aromatic carbocycles. The average Bonchev–Trinajstić information content (AvgIpc) is 2.84. The van der Waals surface area contributed by atoms with Gasteiger partial charge in [-0.2, -0.15) is 0 Å². The Morgan fingerprint density at radius 1 is 1.45 bits per heavy atom. The van der Waals surface area contributed by atoms with Crippen LogP contribution < -0.4 is 10.1 Å². The Kier molecular flexibility index (Phi) is 3.81. The Bertz CT molecular complexity index is 710. The lowest BCUT2D eigenvalue weighted by Gasteiger charge is -2.27. The second kappa shape index (κ2) is 5.76. The number of aryl methyl sites for hydroxylation is 1. The molecule has 22 heavy (non-hydrogen) atoms. The number of carbonyl (C=O) groups excluding carboxylic acids is 1. The predicted molar refractivity (Wildman–Crippen MR) is 77.2 cm³/mol. The fraction of sp³-hybridized carbons (Fsp3) is 0.333.